The fourth-order valence-corrected chi connectivity index (χ4v) is 2.29. The minimum absolute atomic E-state index is 0.00246. The molecule has 3 nitrogen and oxygen atoms in total. The Morgan fingerprint density at radius 1 is 1.06 bits per heavy atom. The fraction of sp³-hybridized carbons (Fsp3) is 0.400. The van der Waals surface area contributed by atoms with Crippen LogP contribution in [0.15, 0.2) is 46.9 Å². The van der Waals surface area contributed by atoms with E-state index in [-0.39, 0.29) is 5.91 Å². The van der Waals surface area contributed by atoms with Gasteiger partial charge in [0.15, 0.2) is 0 Å². The van der Waals surface area contributed by atoms with Crippen molar-refractivity contribution >= 4 is 5.91 Å². The average molecular weight is 245 g/mol. The van der Waals surface area contributed by atoms with Crippen molar-refractivity contribution in [2.75, 3.05) is 7.11 Å². The van der Waals surface area contributed by atoms with Crippen LogP contribution in [0.3, 0.4) is 0 Å². The lowest BCUT2D eigenvalue weighted by molar-refractivity contribution is -0.118. The Hall–Kier alpha value is -1.77. The smallest absolute Gasteiger partial charge is 0.220 e. The second-order valence-electron chi connectivity index (χ2n) is 4.59. The van der Waals surface area contributed by atoms with Crippen LogP contribution in [0.25, 0.3) is 0 Å². The highest BCUT2D eigenvalue weighted by molar-refractivity contribution is 5.75. The van der Waals surface area contributed by atoms with E-state index >= 15 is 0 Å². The third kappa shape index (κ3) is 3.13. The van der Waals surface area contributed by atoms with Crippen molar-refractivity contribution in [3.8, 4) is 0 Å². The zero-order chi connectivity index (χ0) is 13.0. The van der Waals surface area contributed by atoms with Crippen molar-refractivity contribution < 1.29 is 9.53 Å². The van der Waals surface area contributed by atoms with Crippen molar-refractivity contribution in [1.82, 2.24) is 5.32 Å². The van der Waals surface area contributed by atoms with E-state index in [1.165, 1.54) is 11.1 Å². The lowest BCUT2D eigenvalue weighted by atomic mass is 9.90. The van der Waals surface area contributed by atoms with Gasteiger partial charge in [0.05, 0.1) is 12.9 Å². The van der Waals surface area contributed by atoms with E-state index in [4.69, 9.17) is 4.74 Å². The maximum absolute atomic E-state index is 11.0. The minimum Gasteiger partial charge on any atom is -0.501 e. The molecule has 0 aromatic carbocycles. The first-order valence-electron chi connectivity index (χ1n) is 6.30. The molecule has 0 spiro atoms. The highest BCUT2D eigenvalue weighted by Crippen LogP contribution is 2.29. The SMILES string of the molecule is COC1=CC=C(C2=CC=C(NC(C)=O)CC2)CC1. The number of nitrogens with one attached hydrogen (secondary N) is 1. The summed E-state index contributed by atoms with van der Waals surface area (Å²) in [6.07, 6.45) is 12.2. The molecule has 96 valence electrons. The van der Waals surface area contributed by atoms with Gasteiger partial charge in [0.2, 0.25) is 5.91 Å². The van der Waals surface area contributed by atoms with E-state index in [9.17, 15) is 4.79 Å². The Labute approximate surface area is 108 Å². The predicted octanol–water partition coefficient (Wildman–Crippen LogP) is 2.98. The minimum atomic E-state index is 0.00246. The molecule has 0 unspecified atom stereocenters. The van der Waals surface area contributed by atoms with Crippen LogP contribution < -0.4 is 5.32 Å². The van der Waals surface area contributed by atoms with Crippen LogP contribution in [-0.2, 0) is 9.53 Å². The summed E-state index contributed by atoms with van der Waals surface area (Å²) >= 11 is 0. The zero-order valence-electron chi connectivity index (χ0n) is 11.0. The van der Waals surface area contributed by atoms with Gasteiger partial charge in [-0.15, -0.1) is 0 Å². The molecule has 0 aliphatic heterocycles. The second-order valence-corrected chi connectivity index (χ2v) is 4.59. The van der Waals surface area contributed by atoms with Gasteiger partial charge in [0.25, 0.3) is 0 Å². The number of carbonyl (C=O) groups is 1. The van der Waals surface area contributed by atoms with Gasteiger partial charge < -0.3 is 10.1 Å². The molecule has 0 radical (unpaired) electrons. The molecular weight excluding hydrogens is 226 g/mol. The van der Waals surface area contributed by atoms with Crippen molar-refractivity contribution in [2.24, 2.45) is 0 Å². The third-order valence-electron chi connectivity index (χ3n) is 3.27. The molecule has 0 aromatic rings. The first kappa shape index (κ1) is 12.7. The molecule has 0 aromatic heterocycles. The highest BCUT2D eigenvalue weighted by Gasteiger charge is 2.13. The topological polar surface area (TPSA) is 38.3 Å². The first-order valence-corrected chi connectivity index (χ1v) is 6.30. The maximum Gasteiger partial charge on any atom is 0.220 e. The quantitative estimate of drug-likeness (QED) is 0.830. The maximum atomic E-state index is 11.0. The normalized spacial score (nSPS) is 19.2. The Morgan fingerprint density at radius 2 is 1.72 bits per heavy atom. The van der Waals surface area contributed by atoms with E-state index in [0.717, 1.165) is 37.1 Å². The monoisotopic (exact) mass is 245 g/mol. The fourth-order valence-electron chi connectivity index (χ4n) is 2.29. The van der Waals surface area contributed by atoms with Crippen LogP contribution in [0, 0.1) is 0 Å². The molecule has 0 heterocycles. The van der Waals surface area contributed by atoms with Crippen LogP contribution in [0.2, 0.25) is 0 Å². The number of allylic oxidation sites excluding steroid dienone is 8. The van der Waals surface area contributed by atoms with E-state index in [2.05, 4.69) is 17.5 Å². The number of hydrogen-bond acceptors (Lipinski definition) is 2. The Morgan fingerprint density at radius 3 is 2.17 bits per heavy atom. The number of carbonyl (C=O) groups excluding carboxylic acids is 1. The van der Waals surface area contributed by atoms with Crippen molar-refractivity contribution in [3.05, 3.63) is 46.9 Å². The summed E-state index contributed by atoms with van der Waals surface area (Å²) in [4.78, 5) is 11.0. The molecule has 0 saturated heterocycles. The van der Waals surface area contributed by atoms with Gasteiger partial charge in [-0.1, -0.05) is 12.2 Å². The van der Waals surface area contributed by atoms with Crippen molar-refractivity contribution in [3.63, 3.8) is 0 Å². The third-order valence-corrected chi connectivity index (χ3v) is 3.27. The van der Waals surface area contributed by atoms with Crippen LogP contribution >= 0.6 is 0 Å². The molecule has 3 heteroatoms. The molecule has 2 aliphatic rings. The molecule has 1 amide bonds. The van der Waals surface area contributed by atoms with Crippen LogP contribution in [0.5, 0.6) is 0 Å². The average Bonchev–Trinajstić information content (AvgIpc) is 2.39. The van der Waals surface area contributed by atoms with Crippen LogP contribution in [0.1, 0.15) is 32.6 Å². The van der Waals surface area contributed by atoms with Gasteiger partial charge in [-0.05, 0) is 42.6 Å². The number of methoxy groups -OCH3 is 1. The summed E-state index contributed by atoms with van der Waals surface area (Å²) in [7, 11) is 1.72. The first-order chi connectivity index (χ1) is 8.69. The molecule has 18 heavy (non-hydrogen) atoms. The zero-order valence-corrected chi connectivity index (χ0v) is 11.0. The number of ether oxygens (including phenoxy) is 1. The lowest BCUT2D eigenvalue weighted by Gasteiger charge is -2.20. The van der Waals surface area contributed by atoms with Crippen molar-refractivity contribution in [2.45, 2.75) is 32.6 Å². The number of hydrogen-bond donors (Lipinski definition) is 1. The molecule has 0 saturated carbocycles. The lowest BCUT2D eigenvalue weighted by Crippen LogP contribution is -2.20. The van der Waals surface area contributed by atoms with E-state index in [0.29, 0.717) is 0 Å². The summed E-state index contributed by atoms with van der Waals surface area (Å²) in [6, 6.07) is 0. The molecule has 2 rings (SSSR count). The van der Waals surface area contributed by atoms with Gasteiger partial charge in [-0.2, -0.15) is 0 Å². The standard InChI is InChI=1S/C15H19NO2/c1-11(17)16-14-7-3-12(4-8-14)13-5-9-15(18-2)10-6-13/h3,5,7,9H,4,6,8,10H2,1-2H3,(H,16,17). The second kappa shape index (κ2) is 5.71. The summed E-state index contributed by atoms with van der Waals surface area (Å²) < 4.78 is 5.23. The van der Waals surface area contributed by atoms with Crippen molar-refractivity contribution in [1.29, 1.82) is 0 Å². The molecule has 2 aliphatic carbocycles. The van der Waals surface area contributed by atoms with E-state index in [1.54, 1.807) is 14.0 Å². The summed E-state index contributed by atoms with van der Waals surface area (Å²) in [5.41, 5.74) is 3.76. The predicted molar refractivity (Wildman–Crippen MR) is 71.6 cm³/mol. The molecule has 0 fully saturated rings. The van der Waals surface area contributed by atoms with E-state index in [1.807, 2.05) is 12.2 Å². The van der Waals surface area contributed by atoms with Gasteiger partial charge in [0.1, 0.15) is 0 Å². The van der Waals surface area contributed by atoms with E-state index < -0.39 is 0 Å². The summed E-state index contributed by atoms with van der Waals surface area (Å²) in [5.74, 6) is 1.05. The molecule has 1 N–H and O–H groups in total. The largest absolute Gasteiger partial charge is 0.501 e. The highest BCUT2D eigenvalue weighted by atomic mass is 16.5. The van der Waals surface area contributed by atoms with Gasteiger partial charge in [-0.3, -0.25) is 4.79 Å². The van der Waals surface area contributed by atoms with Crippen LogP contribution in [0.4, 0.5) is 0 Å². The molecule has 0 atom stereocenters. The molecular formula is C15H19NO2. The summed E-state index contributed by atoms with van der Waals surface area (Å²) in [6.45, 7) is 1.54. The van der Waals surface area contributed by atoms with Gasteiger partial charge in [0, 0.05) is 19.0 Å². The van der Waals surface area contributed by atoms with Gasteiger partial charge >= 0.3 is 0 Å². The summed E-state index contributed by atoms with van der Waals surface area (Å²) in [5, 5.41) is 2.85. The molecule has 0 bridgehead atoms. The van der Waals surface area contributed by atoms with Gasteiger partial charge in [-0.25, -0.2) is 0 Å². The number of amides is 1. The Balaban J connectivity index is 2.06. The number of rotatable bonds is 3. The van der Waals surface area contributed by atoms with Crippen LogP contribution in [-0.4, -0.2) is 13.0 Å². The Kier molecular flexibility index (Phi) is 4.03. The Bertz CT molecular complexity index is 467.